The number of piperazine rings is 1. The van der Waals surface area contributed by atoms with Crippen molar-refractivity contribution in [3.05, 3.63) is 35.9 Å². The SMILES string of the molecule is COC(=O)C1CNCCN1C(=O)OCc1ccccc1.O=C(O)C(F)(F)F. The van der Waals surface area contributed by atoms with Crippen molar-refractivity contribution in [3.8, 4) is 0 Å². The Balaban J connectivity index is 0.000000445. The molecule has 0 bridgehead atoms. The molecule has 1 fully saturated rings. The van der Waals surface area contributed by atoms with Gasteiger partial charge >= 0.3 is 24.2 Å². The minimum Gasteiger partial charge on any atom is -0.475 e. The third-order valence-electron chi connectivity index (χ3n) is 3.40. The van der Waals surface area contributed by atoms with E-state index in [9.17, 15) is 22.8 Å². The molecule has 0 saturated carbocycles. The highest BCUT2D eigenvalue weighted by molar-refractivity contribution is 5.82. The van der Waals surface area contributed by atoms with Crippen molar-refractivity contribution in [2.24, 2.45) is 0 Å². The number of esters is 1. The summed E-state index contributed by atoms with van der Waals surface area (Å²) in [5, 5.41) is 10.2. The van der Waals surface area contributed by atoms with E-state index in [1.54, 1.807) is 0 Å². The van der Waals surface area contributed by atoms with Gasteiger partial charge in [-0.05, 0) is 5.56 Å². The quantitative estimate of drug-likeness (QED) is 0.749. The zero-order valence-corrected chi connectivity index (χ0v) is 14.4. The molecule has 27 heavy (non-hydrogen) atoms. The number of halogens is 3. The number of rotatable bonds is 3. The first kappa shape index (κ1) is 22.2. The Kier molecular flexibility index (Phi) is 8.52. The average Bonchev–Trinajstić information content (AvgIpc) is 2.66. The van der Waals surface area contributed by atoms with Gasteiger partial charge in [0.25, 0.3) is 0 Å². The van der Waals surface area contributed by atoms with Crippen LogP contribution in [0.3, 0.4) is 0 Å². The average molecular weight is 392 g/mol. The minimum atomic E-state index is -5.08. The normalized spacial score (nSPS) is 16.6. The largest absolute Gasteiger partial charge is 0.490 e. The number of nitrogens with one attached hydrogen (secondary N) is 1. The van der Waals surface area contributed by atoms with E-state index in [0.29, 0.717) is 19.6 Å². The molecular formula is C16H19F3N2O6. The first-order valence-electron chi connectivity index (χ1n) is 7.72. The van der Waals surface area contributed by atoms with Gasteiger partial charge in [-0.1, -0.05) is 30.3 Å². The maximum atomic E-state index is 12.1. The Hall–Kier alpha value is -2.82. The van der Waals surface area contributed by atoms with Gasteiger partial charge in [0.1, 0.15) is 12.6 Å². The van der Waals surface area contributed by atoms with Gasteiger partial charge in [0, 0.05) is 19.6 Å². The molecule has 1 unspecified atom stereocenters. The lowest BCUT2D eigenvalue weighted by atomic mass is 10.2. The van der Waals surface area contributed by atoms with E-state index in [4.69, 9.17) is 19.4 Å². The van der Waals surface area contributed by atoms with E-state index < -0.39 is 30.2 Å². The van der Waals surface area contributed by atoms with Gasteiger partial charge in [-0.3, -0.25) is 4.90 Å². The number of benzene rings is 1. The van der Waals surface area contributed by atoms with E-state index >= 15 is 0 Å². The number of hydrogen-bond acceptors (Lipinski definition) is 6. The molecular weight excluding hydrogens is 373 g/mol. The molecule has 1 aliphatic rings. The van der Waals surface area contributed by atoms with Gasteiger partial charge in [0.2, 0.25) is 0 Å². The molecule has 1 aromatic carbocycles. The molecule has 1 aliphatic heterocycles. The topological polar surface area (TPSA) is 105 Å². The predicted molar refractivity (Wildman–Crippen MR) is 85.7 cm³/mol. The third-order valence-corrected chi connectivity index (χ3v) is 3.40. The fourth-order valence-corrected chi connectivity index (χ4v) is 2.07. The molecule has 2 N–H and O–H groups in total. The number of aliphatic carboxylic acids is 1. The summed E-state index contributed by atoms with van der Waals surface area (Å²) in [6.07, 6.45) is -5.58. The minimum absolute atomic E-state index is 0.192. The molecule has 0 aliphatic carbocycles. The fraction of sp³-hybridized carbons (Fsp3) is 0.438. The Labute approximate surface area is 152 Å². The Morgan fingerprint density at radius 1 is 1.26 bits per heavy atom. The second-order valence-electron chi connectivity index (χ2n) is 5.28. The first-order valence-corrected chi connectivity index (χ1v) is 7.72. The summed E-state index contributed by atoms with van der Waals surface area (Å²) in [4.78, 5) is 34.0. The third kappa shape index (κ3) is 7.52. The van der Waals surface area contributed by atoms with Gasteiger partial charge in [-0.15, -0.1) is 0 Å². The summed E-state index contributed by atoms with van der Waals surface area (Å²) < 4.78 is 41.7. The van der Waals surface area contributed by atoms with Crippen molar-refractivity contribution in [2.75, 3.05) is 26.7 Å². The van der Waals surface area contributed by atoms with Gasteiger partial charge < -0.3 is 19.9 Å². The highest BCUT2D eigenvalue weighted by Gasteiger charge is 2.38. The van der Waals surface area contributed by atoms with Crippen molar-refractivity contribution in [2.45, 2.75) is 18.8 Å². The van der Waals surface area contributed by atoms with Crippen LogP contribution in [0.5, 0.6) is 0 Å². The molecule has 0 radical (unpaired) electrons. The van der Waals surface area contributed by atoms with Gasteiger partial charge in [0.15, 0.2) is 0 Å². The summed E-state index contributed by atoms with van der Waals surface area (Å²) in [5.74, 6) is -3.19. The summed E-state index contributed by atoms with van der Waals surface area (Å²) in [5.41, 5.74) is 0.908. The van der Waals surface area contributed by atoms with Gasteiger partial charge in [0.05, 0.1) is 7.11 Å². The Morgan fingerprint density at radius 2 is 1.85 bits per heavy atom. The molecule has 8 nitrogen and oxygen atoms in total. The zero-order valence-electron chi connectivity index (χ0n) is 14.4. The predicted octanol–water partition coefficient (Wildman–Crippen LogP) is 1.40. The van der Waals surface area contributed by atoms with Crippen LogP contribution in [-0.4, -0.2) is 67.0 Å². The van der Waals surface area contributed by atoms with Crippen LogP contribution < -0.4 is 5.32 Å². The van der Waals surface area contributed by atoms with E-state index in [1.807, 2.05) is 30.3 Å². The van der Waals surface area contributed by atoms with Crippen molar-refractivity contribution >= 4 is 18.0 Å². The van der Waals surface area contributed by atoms with Gasteiger partial charge in [-0.2, -0.15) is 13.2 Å². The summed E-state index contributed by atoms with van der Waals surface area (Å²) in [6.45, 7) is 1.63. The molecule has 1 atom stereocenters. The number of nitrogens with zero attached hydrogens (tertiary/aromatic N) is 1. The lowest BCUT2D eigenvalue weighted by molar-refractivity contribution is -0.192. The van der Waals surface area contributed by atoms with Crippen LogP contribution in [-0.2, 0) is 25.7 Å². The summed E-state index contributed by atoms with van der Waals surface area (Å²) in [6, 6.07) is 8.79. The smallest absolute Gasteiger partial charge is 0.475 e. The zero-order chi connectivity index (χ0) is 20.4. The second kappa shape index (κ2) is 10.4. The standard InChI is InChI=1S/C14H18N2O4.C2HF3O2/c1-19-13(17)12-9-15-7-8-16(12)14(18)20-10-11-5-3-2-4-6-11;3-2(4,5)1(6)7/h2-6,12,15H,7-10H2,1H3;(H,6,7). The van der Waals surface area contributed by atoms with Crippen LogP contribution in [0.1, 0.15) is 5.56 Å². The fourth-order valence-electron chi connectivity index (χ4n) is 2.07. The molecule has 1 amide bonds. The molecule has 1 heterocycles. The number of carboxylic acid groups (broad SMARTS) is 1. The van der Waals surface area contributed by atoms with Crippen molar-refractivity contribution in [1.82, 2.24) is 10.2 Å². The number of hydrogen-bond donors (Lipinski definition) is 2. The van der Waals surface area contributed by atoms with E-state index in [1.165, 1.54) is 12.0 Å². The molecule has 2 rings (SSSR count). The number of methoxy groups -OCH3 is 1. The number of amides is 1. The van der Waals surface area contributed by atoms with E-state index in [0.717, 1.165) is 5.56 Å². The highest BCUT2D eigenvalue weighted by atomic mass is 19.4. The lowest BCUT2D eigenvalue weighted by Gasteiger charge is -2.33. The number of carbonyl (C=O) groups excluding carboxylic acids is 2. The monoisotopic (exact) mass is 392 g/mol. The number of ether oxygens (including phenoxy) is 2. The Morgan fingerprint density at radius 3 is 2.37 bits per heavy atom. The Bertz CT molecular complexity index is 639. The van der Waals surface area contributed by atoms with Crippen molar-refractivity contribution in [3.63, 3.8) is 0 Å². The van der Waals surface area contributed by atoms with E-state index in [2.05, 4.69) is 5.32 Å². The van der Waals surface area contributed by atoms with Crippen molar-refractivity contribution in [1.29, 1.82) is 0 Å². The number of carbonyl (C=O) groups is 3. The second-order valence-corrected chi connectivity index (χ2v) is 5.28. The molecule has 0 aromatic heterocycles. The summed E-state index contributed by atoms with van der Waals surface area (Å²) in [7, 11) is 1.31. The van der Waals surface area contributed by atoms with Crippen LogP contribution >= 0.6 is 0 Å². The highest BCUT2D eigenvalue weighted by Crippen LogP contribution is 2.13. The molecule has 1 aromatic rings. The number of alkyl halides is 3. The van der Waals surface area contributed by atoms with Crippen LogP contribution in [0, 0.1) is 0 Å². The maximum Gasteiger partial charge on any atom is 0.490 e. The van der Waals surface area contributed by atoms with Crippen molar-refractivity contribution < 1.29 is 42.1 Å². The molecule has 1 saturated heterocycles. The van der Waals surface area contributed by atoms with E-state index in [-0.39, 0.29) is 6.61 Å². The van der Waals surface area contributed by atoms with Crippen LogP contribution in [0.2, 0.25) is 0 Å². The lowest BCUT2D eigenvalue weighted by Crippen LogP contribution is -2.57. The maximum absolute atomic E-state index is 12.1. The van der Waals surface area contributed by atoms with Gasteiger partial charge in [-0.25, -0.2) is 14.4 Å². The van der Waals surface area contributed by atoms with Crippen LogP contribution in [0.15, 0.2) is 30.3 Å². The first-order chi connectivity index (χ1) is 12.7. The molecule has 0 spiro atoms. The summed E-state index contributed by atoms with van der Waals surface area (Å²) >= 11 is 0. The molecule has 11 heteroatoms. The van der Waals surface area contributed by atoms with Crippen LogP contribution in [0.25, 0.3) is 0 Å². The molecule has 150 valence electrons. The van der Waals surface area contributed by atoms with Crippen LogP contribution in [0.4, 0.5) is 18.0 Å². The number of carboxylic acids is 1.